The molecule has 0 radical (unpaired) electrons. The van der Waals surface area contributed by atoms with E-state index in [1.54, 1.807) is 6.20 Å². The summed E-state index contributed by atoms with van der Waals surface area (Å²) < 4.78 is 6.60. The van der Waals surface area contributed by atoms with Crippen molar-refractivity contribution in [3.8, 4) is 5.75 Å². The predicted molar refractivity (Wildman–Crippen MR) is 57.4 cm³/mol. The zero-order valence-electron chi connectivity index (χ0n) is 7.09. The SMILES string of the molecule is CCCCOc1ccncc1I. The van der Waals surface area contributed by atoms with Gasteiger partial charge in [-0.2, -0.15) is 0 Å². The van der Waals surface area contributed by atoms with Crippen molar-refractivity contribution >= 4 is 22.6 Å². The van der Waals surface area contributed by atoms with Crippen LogP contribution in [-0.4, -0.2) is 11.6 Å². The molecule has 2 nitrogen and oxygen atoms in total. The molecule has 0 aliphatic carbocycles. The van der Waals surface area contributed by atoms with Crippen LogP contribution in [0.2, 0.25) is 0 Å². The number of hydrogen-bond donors (Lipinski definition) is 0. The van der Waals surface area contributed by atoms with Gasteiger partial charge >= 0.3 is 0 Å². The first kappa shape index (κ1) is 9.77. The average molecular weight is 277 g/mol. The lowest BCUT2D eigenvalue weighted by atomic mass is 10.3. The fourth-order valence-electron chi connectivity index (χ4n) is 0.806. The Kier molecular flexibility index (Phi) is 4.35. The molecule has 1 heterocycles. The normalized spacial score (nSPS) is 9.83. The highest BCUT2D eigenvalue weighted by Crippen LogP contribution is 2.18. The number of aromatic nitrogens is 1. The van der Waals surface area contributed by atoms with Gasteiger partial charge in [-0.3, -0.25) is 4.98 Å². The molecule has 0 atom stereocenters. The first-order valence-electron chi connectivity index (χ1n) is 4.07. The summed E-state index contributed by atoms with van der Waals surface area (Å²) in [6.45, 7) is 2.96. The molecule has 0 bridgehead atoms. The van der Waals surface area contributed by atoms with E-state index in [0.717, 1.165) is 22.3 Å². The fourth-order valence-corrected chi connectivity index (χ4v) is 1.30. The molecule has 0 amide bonds. The molecule has 1 aromatic rings. The zero-order valence-corrected chi connectivity index (χ0v) is 9.24. The quantitative estimate of drug-likeness (QED) is 0.623. The first-order valence-corrected chi connectivity index (χ1v) is 5.14. The summed E-state index contributed by atoms with van der Waals surface area (Å²) in [4.78, 5) is 3.99. The van der Waals surface area contributed by atoms with E-state index in [-0.39, 0.29) is 0 Å². The number of unbranched alkanes of at least 4 members (excludes halogenated alkanes) is 1. The van der Waals surface area contributed by atoms with Gasteiger partial charge in [0.15, 0.2) is 0 Å². The molecule has 0 N–H and O–H groups in total. The Labute approximate surface area is 86.5 Å². The van der Waals surface area contributed by atoms with E-state index in [0.29, 0.717) is 0 Å². The van der Waals surface area contributed by atoms with Gasteiger partial charge in [0.2, 0.25) is 0 Å². The second kappa shape index (κ2) is 5.35. The van der Waals surface area contributed by atoms with Crippen LogP contribution >= 0.6 is 22.6 Å². The van der Waals surface area contributed by atoms with Crippen molar-refractivity contribution < 1.29 is 4.74 Å². The first-order chi connectivity index (χ1) is 5.84. The molecule has 0 spiro atoms. The van der Waals surface area contributed by atoms with Gasteiger partial charge in [-0.25, -0.2) is 0 Å². The van der Waals surface area contributed by atoms with E-state index >= 15 is 0 Å². The highest BCUT2D eigenvalue weighted by Gasteiger charge is 1.97. The molecule has 1 aromatic heterocycles. The maximum absolute atomic E-state index is 5.53. The molecular formula is C9H12INO. The van der Waals surface area contributed by atoms with Gasteiger partial charge in [-0.15, -0.1) is 0 Å². The maximum Gasteiger partial charge on any atom is 0.135 e. The number of nitrogens with zero attached hydrogens (tertiary/aromatic N) is 1. The Hall–Kier alpha value is -0.320. The lowest BCUT2D eigenvalue weighted by Gasteiger charge is -2.05. The van der Waals surface area contributed by atoms with Gasteiger partial charge in [0.25, 0.3) is 0 Å². The summed E-state index contributed by atoms with van der Waals surface area (Å²) in [5.74, 6) is 0.944. The molecule has 12 heavy (non-hydrogen) atoms. The molecule has 3 heteroatoms. The third-order valence-corrected chi connectivity index (χ3v) is 2.30. The van der Waals surface area contributed by atoms with Gasteiger partial charge in [-0.05, 0) is 35.1 Å². The fraction of sp³-hybridized carbons (Fsp3) is 0.444. The largest absolute Gasteiger partial charge is 0.492 e. The Bertz CT molecular complexity index is 240. The van der Waals surface area contributed by atoms with E-state index in [1.807, 2.05) is 12.3 Å². The number of halogens is 1. The predicted octanol–water partition coefficient (Wildman–Crippen LogP) is 2.87. The van der Waals surface area contributed by atoms with E-state index < -0.39 is 0 Å². The van der Waals surface area contributed by atoms with Crippen LogP contribution in [0.4, 0.5) is 0 Å². The molecular weight excluding hydrogens is 265 g/mol. The summed E-state index contributed by atoms with van der Waals surface area (Å²) in [5, 5.41) is 0. The summed E-state index contributed by atoms with van der Waals surface area (Å²) in [6, 6.07) is 1.90. The Morgan fingerprint density at radius 2 is 2.42 bits per heavy atom. The molecule has 0 saturated heterocycles. The van der Waals surface area contributed by atoms with Crippen LogP contribution in [0.25, 0.3) is 0 Å². The van der Waals surface area contributed by atoms with Crippen LogP contribution < -0.4 is 4.74 Å². The van der Waals surface area contributed by atoms with Crippen molar-refractivity contribution in [2.75, 3.05) is 6.61 Å². The minimum absolute atomic E-state index is 0.802. The van der Waals surface area contributed by atoms with Gasteiger partial charge in [0, 0.05) is 12.4 Å². The minimum Gasteiger partial charge on any atom is -0.492 e. The zero-order chi connectivity index (χ0) is 8.81. The van der Waals surface area contributed by atoms with Gasteiger partial charge in [0.05, 0.1) is 10.2 Å². The molecule has 0 fully saturated rings. The second-order valence-corrected chi connectivity index (χ2v) is 3.67. The number of rotatable bonds is 4. The van der Waals surface area contributed by atoms with E-state index in [1.165, 1.54) is 6.42 Å². The number of ether oxygens (including phenoxy) is 1. The number of pyridine rings is 1. The van der Waals surface area contributed by atoms with E-state index in [2.05, 4.69) is 34.5 Å². The third kappa shape index (κ3) is 2.97. The van der Waals surface area contributed by atoms with Crippen LogP contribution in [-0.2, 0) is 0 Å². The number of hydrogen-bond acceptors (Lipinski definition) is 2. The van der Waals surface area contributed by atoms with Crippen molar-refractivity contribution in [1.82, 2.24) is 4.98 Å². The Morgan fingerprint density at radius 3 is 3.08 bits per heavy atom. The molecule has 0 aliphatic heterocycles. The third-order valence-electron chi connectivity index (χ3n) is 1.49. The van der Waals surface area contributed by atoms with E-state index in [4.69, 9.17) is 4.74 Å². The highest BCUT2D eigenvalue weighted by atomic mass is 127. The van der Waals surface area contributed by atoms with Gasteiger partial charge in [0.1, 0.15) is 5.75 Å². The molecule has 0 aromatic carbocycles. The van der Waals surface area contributed by atoms with Crippen molar-refractivity contribution in [2.24, 2.45) is 0 Å². The summed E-state index contributed by atoms with van der Waals surface area (Å²) in [7, 11) is 0. The summed E-state index contributed by atoms with van der Waals surface area (Å²) in [5.41, 5.74) is 0. The van der Waals surface area contributed by atoms with E-state index in [9.17, 15) is 0 Å². The molecule has 66 valence electrons. The Morgan fingerprint density at radius 1 is 1.58 bits per heavy atom. The van der Waals surface area contributed by atoms with Crippen molar-refractivity contribution in [3.05, 3.63) is 22.0 Å². The van der Waals surface area contributed by atoms with Gasteiger partial charge < -0.3 is 4.74 Å². The van der Waals surface area contributed by atoms with Crippen LogP contribution in [0.3, 0.4) is 0 Å². The second-order valence-electron chi connectivity index (χ2n) is 2.51. The monoisotopic (exact) mass is 277 g/mol. The Balaban J connectivity index is 2.46. The molecule has 0 unspecified atom stereocenters. The maximum atomic E-state index is 5.53. The van der Waals surface area contributed by atoms with Crippen molar-refractivity contribution in [3.63, 3.8) is 0 Å². The smallest absolute Gasteiger partial charge is 0.135 e. The van der Waals surface area contributed by atoms with Crippen molar-refractivity contribution in [2.45, 2.75) is 19.8 Å². The van der Waals surface area contributed by atoms with Crippen LogP contribution in [0, 0.1) is 3.57 Å². The topological polar surface area (TPSA) is 22.1 Å². The molecule has 0 saturated carbocycles. The lowest BCUT2D eigenvalue weighted by Crippen LogP contribution is -1.97. The molecule has 1 rings (SSSR count). The molecule has 0 aliphatic rings. The van der Waals surface area contributed by atoms with Gasteiger partial charge in [-0.1, -0.05) is 13.3 Å². The standard InChI is InChI=1S/C9H12INO/c1-2-3-6-12-9-4-5-11-7-8(9)10/h4-5,7H,2-3,6H2,1H3. The minimum atomic E-state index is 0.802. The lowest BCUT2D eigenvalue weighted by molar-refractivity contribution is 0.307. The van der Waals surface area contributed by atoms with Crippen molar-refractivity contribution in [1.29, 1.82) is 0 Å². The van der Waals surface area contributed by atoms with Crippen LogP contribution in [0.15, 0.2) is 18.5 Å². The summed E-state index contributed by atoms with van der Waals surface area (Å²) >= 11 is 2.22. The van der Waals surface area contributed by atoms with Crippen LogP contribution in [0.5, 0.6) is 5.75 Å². The highest BCUT2D eigenvalue weighted by molar-refractivity contribution is 14.1. The average Bonchev–Trinajstić information content (AvgIpc) is 2.09. The summed E-state index contributed by atoms with van der Waals surface area (Å²) in [6.07, 6.45) is 5.84. The van der Waals surface area contributed by atoms with Crippen LogP contribution in [0.1, 0.15) is 19.8 Å².